The van der Waals surface area contributed by atoms with Crippen LogP contribution in [0.25, 0.3) is 10.9 Å². The number of furan rings is 1. The molecule has 0 aliphatic carbocycles. The van der Waals surface area contributed by atoms with Crippen LogP contribution in [-0.4, -0.2) is 33.9 Å². The number of rotatable bonds is 7. The van der Waals surface area contributed by atoms with Gasteiger partial charge in [-0.1, -0.05) is 11.6 Å². The Hall–Kier alpha value is -4.49. The Morgan fingerprint density at radius 1 is 1.36 bits per heavy atom. The third-order valence-corrected chi connectivity index (χ3v) is 5.99. The molecular weight excluding hydrogens is 484 g/mol. The van der Waals surface area contributed by atoms with Gasteiger partial charge in [-0.15, -0.1) is 0 Å². The van der Waals surface area contributed by atoms with Crippen LogP contribution in [0.5, 0.6) is 5.88 Å². The maximum Gasteiger partial charge on any atom is 0.359 e. The molecule has 3 N–H and O–H groups in total. The van der Waals surface area contributed by atoms with E-state index in [1.165, 1.54) is 10.9 Å². The highest BCUT2D eigenvalue weighted by atomic mass is 35.5. The van der Waals surface area contributed by atoms with E-state index in [-0.39, 0.29) is 29.6 Å². The van der Waals surface area contributed by atoms with Crippen LogP contribution in [0.1, 0.15) is 34.7 Å². The molecule has 0 spiro atoms. The summed E-state index contributed by atoms with van der Waals surface area (Å²) < 4.78 is 18.2. The smallest absolute Gasteiger partial charge is 0.359 e. The van der Waals surface area contributed by atoms with Crippen LogP contribution in [0, 0.1) is 11.3 Å². The molecule has 1 atom stereocenters. The lowest BCUT2D eigenvalue weighted by molar-refractivity contribution is 0.0517. The number of nitriles is 1. The molecule has 1 unspecified atom stereocenters. The molecule has 3 aromatic heterocycles. The summed E-state index contributed by atoms with van der Waals surface area (Å²) in [6, 6.07) is 12.8. The summed E-state index contributed by atoms with van der Waals surface area (Å²) in [5.41, 5.74) is 8.28. The van der Waals surface area contributed by atoms with E-state index in [1.54, 1.807) is 37.4 Å². The van der Waals surface area contributed by atoms with Crippen LogP contribution in [0.3, 0.4) is 0 Å². The summed E-state index contributed by atoms with van der Waals surface area (Å²) in [6.45, 7) is 2.62. The maximum atomic E-state index is 12.8. The number of nitrogens with one attached hydrogen (secondary N) is 1. The van der Waals surface area contributed by atoms with Crippen LogP contribution in [0.4, 0.5) is 5.69 Å². The van der Waals surface area contributed by atoms with Crippen LogP contribution < -0.4 is 15.8 Å². The van der Waals surface area contributed by atoms with Gasteiger partial charge in [0.15, 0.2) is 5.69 Å². The van der Waals surface area contributed by atoms with Crippen molar-refractivity contribution < 1.29 is 18.7 Å². The quantitative estimate of drug-likeness (QED) is 0.354. The molecule has 182 valence electrons. The molecule has 0 amide bonds. The number of hydrogen-bond donors (Lipinski definition) is 2. The average molecular weight is 505 g/mol. The molecular formula is C25H21ClN6O4. The fourth-order valence-corrected chi connectivity index (χ4v) is 4.37. The number of fused-ring (bicyclic) bond motifs is 2. The highest BCUT2D eigenvalue weighted by Gasteiger charge is 2.40. The number of anilines is 1. The van der Waals surface area contributed by atoms with Gasteiger partial charge in [0.1, 0.15) is 17.4 Å². The molecule has 4 heterocycles. The molecule has 0 fully saturated rings. The maximum absolute atomic E-state index is 12.8. The van der Waals surface area contributed by atoms with Gasteiger partial charge >= 0.3 is 5.97 Å². The van der Waals surface area contributed by atoms with Crippen molar-refractivity contribution in [3.63, 3.8) is 0 Å². The third kappa shape index (κ3) is 4.10. The molecule has 10 nitrogen and oxygen atoms in total. The van der Waals surface area contributed by atoms with Gasteiger partial charge in [0.05, 0.1) is 36.4 Å². The molecule has 0 radical (unpaired) electrons. The van der Waals surface area contributed by atoms with Crippen molar-refractivity contribution in [3.8, 4) is 11.9 Å². The first kappa shape index (κ1) is 23.3. The lowest BCUT2D eigenvalue weighted by Gasteiger charge is -2.23. The molecule has 1 aliphatic rings. The highest BCUT2D eigenvalue weighted by molar-refractivity contribution is 6.31. The van der Waals surface area contributed by atoms with Gasteiger partial charge in [-0.3, -0.25) is 4.98 Å². The average Bonchev–Trinajstić information content (AvgIpc) is 3.52. The Morgan fingerprint density at radius 3 is 2.97 bits per heavy atom. The minimum Gasteiger partial charge on any atom is -0.468 e. The number of pyridine rings is 1. The molecule has 36 heavy (non-hydrogen) atoms. The number of nitrogens with zero attached hydrogens (tertiary/aromatic N) is 4. The Balaban J connectivity index is 1.50. The van der Waals surface area contributed by atoms with E-state index in [9.17, 15) is 10.1 Å². The Labute approximate surface area is 210 Å². The molecule has 4 aromatic rings. The number of esters is 1. The first-order chi connectivity index (χ1) is 17.5. The van der Waals surface area contributed by atoms with E-state index in [0.29, 0.717) is 29.4 Å². The highest BCUT2D eigenvalue weighted by Crippen LogP contribution is 2.44. The lowest BCUT2D eigenvalue weighted by atomic mass is 9.88. The topological polar surface area (TPSA) is 141 Å². The summed E-state index contributed by atoms with van der Waals surface area (Å²) in [7, 11) is 0. The van der Waals surface area contributed by atoms with Crippen LogP contribution >= 0.6 is 11.6 Å². The number of halogens is 1. The minimum atomic E-state index is -0.760. The van der Waals surface area contributed by atoms with Crippen molar-refractivity contribution >= 4 is 34.2 Å². The van der Waals surface area contributed by atoms with E-state index < -0.39 is 11.9 Å². The molecule has 11 heteroatoms. The molecule has 0 saturated carbocycles. The van der Waals surface area contributed by atoms with Crippen molar-refractivity contribution in [1.29, 1.82) is 5.26 Å². The van der Waals surface area contributed by atoms with Gasteiger partial charge < -0.3 is 24.9 Å². The second-order valence-corrected chi connectivity index (χ2v) is 8.33. The second-order valence-electron chi connectivity index (χ2n) is 7.90. The van der Waals surface area contributed by atoms with Gasteiger partial charge in [0.25, 0.3) is 0 Å². The van der Waals surface area contributed by atoms with Gasteiger partial charge in [-0.25, -0.2) is 9.48 Å². The number of carbonyl (C=O) groups excluding carboxylic acids is 1. The zero-order valence-corrected chi connectivity index (χ0v) is 20.0. The molecule has 1 aliphatic heterocycles. The van der Waals surface area contributed by atoms with E-state index in [2.05, 4.69) is 21.5 Å². The minimum absolute atomic E-state index is 0.0394. The van der Waals surface area contributed by atoms with Crippen molar-refractivity contribution in [1.82, 2.24) is 14.8 Å². The van der Waals surface area contributed by atoms with E-state index >= 15 is 0 Å². The third-order valence-electron chi connectivity index (χ3n) is 5.75. The number of nitrogens with two attached hydrogens (primary N) is 1. The Bertz CT molecular complexity index is 1520. The molecule has 0 bridgehead atoms. The largest absolute Gasteiger partial charge is 0.468 e. The first-order valence-electron chi connectivity index (χ1n) is 11.2. The van der Waals surface area contributed by atoms with Gasteiger partial charge in [0, 0.05) is 28.8 Å². The fourth-order valence-electron chi connectivity index (χ4n) is 4.21. The standard InChI is InChI=1S/C25H21ClN6O4/c1-2-34-25(33)22-21-20(19-4-3-11-35-19)16(13-27)23(28)36-24(21)32(31-22)10-9-30-17-7-8-29-18-12-14(26)5-6-15(17)18/h3-8,11-12,20H,2,9-10,28H2,1H3,(H,29,30). The number of aromatic nitrogens is 3. The van der Waals surface area contributed by atoms with Gasteiger partial charge in [-0.05, 0) is 43.3 Å². The van der Waals surface area contributed by atoms with E-state index in [1.807, 2.05) is 12.1 Å². The summed E-state index contributed by atoms with van der Waals surface area (Å²) in [5, 5.41) is 19.2. The van der Waals surface area contributed by atoms with E-state index in [4.69, 9.17) is 31.2 Å². The zero-order chi connectivity index (χ0) is 25.2. The van der Waals surface area contributed by atoms with E-state index in [0.717, 1.165) is 16.6 Å². The summed E-state index contributed by atoms with van der Waals surface area (Å²) in [5.74, 6) is -0.777. The zero-order valence-electron chi connectivity index (χ0n) is 19.2. The van der Waals surface area contributed by atoms with Crippen molar-refractivity contribution in [2.45, 2.75) is 19.4 Å². The normalized spacial score (nSPS) is 14.8. The number of carbonyl (C=O) groups is 1. The van der Waals surface area contributed by atoms with Crippen LogP contribution in [0.2, 0.25) is 5.02 Å². The monoisotopic (exact) mass is 504 g/mol. The molecule has 5 rings (SSSR count). The molecule has 0 saturated heterocycles. The molecule has 1 aromatic carbocycles. The SMILES string of the molecule is CCOC(=O)c1nn(CCNc2ccnc3cc(Cl)ccc23)c2c1C(c1ccco1)C(C#N)=C(N)O2. The van der Waals surface area contributed by atoms with Crippen molar-refractivity contribution in [3.05, 3.63) is 82.4 Å². The van der Waals surface area contributed by atoms with Crippen LogP contribution in [0.15, 0.2) is 64.7 Å². The fraction of sp³-hybridized carbons (Fsp3) is 0.200. The summed E-state index contributed by atoms with van der Waals surface area (Å²) in [4.78, 5) is 17.2. The van der Waals surface area contributed by atoms with Gasteiger partial charge in [0.2, 0.25) is 11.8 Å². The summed E-state index contributed by atoms with van der Waals surface area (Å²) >= 11 is 6.09. The number of hydrogen-bond acceptors (Lipinski definition) is 9. The number of ether oxygens (including phenoxy) is 2. The lowest BCUT2D eigenvalue weighted by Crippen LogP contribution is -2.23. The van der Waals surface area contributed by atoms with Crippen LogP contribution in [-0.2, 0) is 11.3 Å². The van der Waals surface area contributed by atoms with Gasteiger partial charge in [-0.2, -0.15) is 10.4 Å². The van der Waals surface area contributed by atoms with Crippen molar-refractivity contribution in [2.75, 3.05) is 18.5 Å². The Kier molecular flexibility index (Phi) is 6.23. The summed E-state index contributed by atoms with van der Waals surface area (Å²) in [6.07, 6.45) is 3.18. The predicted octanol–water partition coefficient (Wildman–Crippen LogP) is 4.18. The Morgan fingerprint density at radius 2 is 2.22 bits per heavy atom. The van der Waals surface area contributed by atoms with Crippen molar-refractivity contribution in [2.24, 2.45) is 5.73 Å². The number of benzene rings is 1. The predicted molar refractivity (Wildman–Crippen MR) is 131 cm³/mol. The first-order valence-corrected chi connectivity index (χ1v) is 11.6. The number of allylic oxidation sites excluding steroid dienone is 1. The second kappa shape index (κ2) is 9.64.